The highest BCUT2D eigenvalue weighted by Gasteiger charge is 2.27. The van der Waals surface area contributed by atoms with Gasteiger partial charge in [0.1, 0.15) is 0 Å². The first kappa shape index (κ1) is 24.7. The third-order valence-corrected chi connectivity index (χ3v) is 8.71. The molecule has 2 saturated carbocycles. The van der Waals surface area contributed by atoms with Gasteiger partial charge < -0.3 is 0 Å². The van der Waals surface area contributed by atoms with Gasteiger partial charge in [0, 0.05) is 0 Å². The largest absolute Gasteiger partial charge is 0.0999 e. The van der Waals surface area contributed by atoms with Crippen LogP contribution in [0.3, 0.4) is 0 Å². The molecule has 2 aliphatic rings. The number of hydrogen-bond acceptors (Lipinski definition) is 0. The summed E-state index contributed by atoms with van der Waals surface area (Å²) in [4.78, 5) is 0. The standard InChI is InChI=1S/C29H52/c1-6-12-28-15-10-11-16-29(28)22-20-24(4)18-17-23(3)19-21-27-14-9-8-13-26(7-2)25(27)5/h25-29H,3-4,6-22H2,1-2,5H3. The molecule has 0 nitrogen and oxygen atoms in total. The first-order valence-electron chi connectivity index (χ1n) is 13.4. The lowest BCUT2D eigenvalue weighted by atomic mass is 9.74. The van der Waals surface area contributed by atoms with Gasteiger partial charge >= 0.3 is 0 Å². The summed E-state index contributed by atoms with van der Waals surface area (Å²) in [7, 11) is 0. The van der Waals surface area contributed by atoms with Gasteiger partial charge in [0.2, 0.25) is 0 Å². The predicted octanol–water partition coefficient (Wildman–Crippen LogP) is 9.90. The van der Waals surface area contributed by atoms with Crippen LogP contribution in [0.1, 0.15) is 130 Å². The Morgan fingerprint density at radius 2 is 1.07 bits per heavy atom. The van der Waals surface area contributed by atoms with E-state index in [0.717, 1.165) is 29.6 Å². The Morgan fingerprint density at radius 1 is 0.621 bits per heavy atom. The molecule has 168 valence electrons. The van der Waals surface area contributed by atoms with Crippen LogP contribution in [-0.4, -0.2) is 0 Å². The summed E-state index contributed by atoms with van der Waals surface area (Å²) in [6.07, 6.45) is 23.6. The molecule has 5 unspecified atom stereocenters. The second-order valence-electron chi connectivity index (χ2n) is 10.7. The SMILES string of the molecule is C=C(CCC(=C)CCC1CCCCC(CC)C1C)CCC1CCCCC1CCC. The molecule has 0 spiro atoms. The monoisotopic (exact) mass is 400 g/mol. The predicted molar refractivity (Wildman–Crippen MR) is 131 cm³/mol. The average Bonchev–Trinajstić information content (AvgIpc) is 2.91. The van der Waals surface area contributed by atoms with Crippen molar-refractivity contribution in [1.82, 2.24) is 0 Å². The van der Waals surface area contributed by atoms with Crippen molar-refractivity contribution < 1.29 is 0 Å². The fourth-order valence-corrected chi connectivity index (χ4v) is 6.50. The molecule has 29 heavy (non-hydrogen) atoms. The van der Waals surface area contributed by atoms with Gasteiger partial charge in [-0.1, -0.05) is 116 Å². The molecule has 0 aromatic heterocycles. The van der Waals surface area contributed by atoms with Crippen molar-refractivity contribution in [3.05, 3.63) is 24.3 Å². The molecule has 2 rings (SSSR count). The lowest BCUT2D eigenvalue weighted by molar-refractivity contribution is 0.210. The molecule has 5 atom stereocenters. The van der Waals surface area contributed by atoms with E-state index in [9.17, 15) is 0 Å². The molecule has 0 heteroatoms. The minimum atomic E-state index is 0.914. The lowest BCUT2D eigenvalue weighted by Crippen LogP contribution is -2.19. The maximum Gasteiger partial charge on any atom is -0.0286 e. The Bertz CT molecular complexity index is 470. The zero-order valence-electron chi connectivity index (χ0n) is 20.3. The van der Waals surface area contributed by atoms with E-state index in [1.165, 1.54) is 120 Å². The molecule has 0 heterocycles. The van der Waals surface area contributed by atoms with Gasteiger partial charge in [-0.3, -0.25) is 0 Å². The van der Waals surface area contributed by atoms with E-state index >= 15 is 0 Å². The van der Waals surface area contributed by atoms with Crippen LogP contribution in [0.4, 0.5) is 0 Å². The van der Waals surface area contributed by atoms with Crippen molar-refractivity contribution in [3.63, 3.8) is 0 Å². The molecule has 0 aliphatic heterocycles. The Balaban J connectivity index is 1.64. The van der Waals surface area contributed by atoms with Crippen molar-refractivity contribution >= 4 is 0 Å². The second-order valence-corrected chi connectivity index (χ2v) is 10.7. The molecule has 0 aromatic rings. The molecule has 0 saturated heterocycles. The van der Waals surface area contributed by atoms with Crippen molar-refractivity contribution in [1.29, 1.82) is 0 Å². The van der Waals surface area contributed by atoms with Gasteiger partial charge in [0.15, 0.2) is 0 Å². The highest BCUT2D eigenvalue weighted by atomic mass is 14.3. The third kappa shape index (κ3) is 8.63. The van der Waals surface area contributed by atoms with E-state index in [0.29, 0.717) is 0 Å². The summed E-state index contributed by atoms with van der Waals surface area (Å²) >= 11 is 0. The number of hydrogen-bond donors (Lipinski definition) is 0. The van der Waals surface area contributed by atoms with Crippen LogP contribution in [0.5, 0.6) is 0 Å². The van der Waals surface area contributed by atoms with Crippen molar-refractivity contribution in [2.75, 3.05) is 0 Å². The number of rotatable bonds is 12. The van der Waals surface area contributed by atoms with Crippen molar-refractivity contribution in [2.24, 2.45) is 29.6 Å². The van der Waals surface area contributed by atoms with E-state index in [1.54, 1.807) is 0 Å². The van der Waals surface area contributed by atoms with E-state index in [2.05, 4.69) is 33.9 Å². The maximum atomic E-state index is 4.44. The minimum absolute atomic E-state index is 0.914. The lowest BCUT2D eigenvalue weighted by Gasteiger charge is -2.31. The Morgan fingerprint density at radius 3 is 1.59 bits per heavy atom. The molecular weight excluding hydrogens is 348 g/mol. The van der Waals surface area contributed by atoms with Crippen molar-refractivity contribution in [3.8, 4) is 0 Å². The molecule has 2 aliphatic carbocycles. The van der Waals surface area contributed by atoms with Gasteiger partial charge in [-0.15, -0.1) is 0 Å². The summed E-state index contributed by atoms with van der Waals surface area (Å²) < 4.78 is 0. The molecule has 0 N–H and O–H groups in total. The molecule has 0 bridgehead atoms. The third-order valence-electron chi connectivity index (χ3n) is 8.71. The molecule has 0 aromatic carbocycles. The summed E-state index contributed by atoms with van der Waals surface area (Å²) in [6, 6.07) is 0. The van der Waals surface area contributed by atoms with Gasteiger partial charge in [-0.2, -0.15) is 0 Å². The van der Waals surface area contributed by atoms with Crippen LogP contribution in [-0.2, 0) is 0 Å². The summed E-state index contributed by atoms with van der Waals surface area (Å²) in [6.45, 7) is 16.2. The highest BCUT2D eigenvalue weighted by molar-refractivity contribution is 5.03. The summed E-state index contributed by atoms with van der Waals surface area (Å²) in [5.41, 5.74) is 2.97. The second kappa shape index (κ2) is 13.7. The van der Waals surface area contributed by atoms with Crippen LogP contribution in [0.15, 0.2) is 24.3 Å². The Hall–Kier alpha value is -0.520. The zero-order valence-corrected chi connectivity index (χ0v) is 20.3. The van der Waals surface area contributed by atoms with Crippen LogP contribution in [0.2, 0.25) is 0 Å². The fraction of sp³-hybridized carbons (Fsp3) is 0.862. The minimum Gasteiger partial charge on any atom is -0.0999 e. The first-order valence-corrected chi connectivity index (χ1v) is 13.4. The Kier molecular flexibility index (Phi) is 11.7. The van der Waals surface area contributed by atoms with Gasteiger partial charge in [-0.25, -0.2) is 0 Å². The van der Waals surface area contributed by atoms with Crippen LogP contribution in [0.25, 0.3) is 0 Å². The smallest absolute Gasteiger partial charge is 0.0286 e. The highest BCUT2D eigenvalue weighted by Crippen LogP contribution is 2.39. The topological polar surface area (TPSA) is 0 Å². The fourth-order valence-electron chi connectivity index (χ4n) is 6.50. The van der Waals surface area contributed by atoms with Gasteiger partial charge in [-0.05, 0) is 68.1 Å². The van der Waals surface area contributed by atoms with Crippen LogP contribution >= 0.6 is 0 Å². The van der Waals surface area contributed by atoms with Crippen LogP contribution in [0, 0.1) is 29.6 Å². The van der Waals surface area contributed by atoms with Crippen LogP contribution < -0.4 is 0 Å². The normalized spacial score (nSPS) is 30.7. The molecule has 0 radical (unpaired) electrons. The summed E-state index contributed by atoms with van der Waals surface area (Å²) in [5.74, 6) is 4.80. The molecule has 0 amide bonds. The van der Waals surface area contributed by atoms with E-state index in [-0.39, 0.29) is 0 Å². The zero-order chi connectivity index (χ0) is 21.1. The number of allylic oxidation sites excluding steroid dienone is 2. The van der Waals surface area contributed by atoms with Crippen molar-refractivity contribution in [2.45, 2.75) is 130 Å². The Labute approximate surface area is 184 Å². The first-order chi connectivity index (χ1) is 14.0. The quantitative estimate of drug-likeness (QED) is 0.226. The van der Waals surface area contributed by atoms with Gasteiger partial charge in [0.25, 0.3) is 0 Å². The van der Waals surface area contributed by atoms with Gasteiger partial charge in [0.05, 0.1) is 0 Å². The molecular formula is C29H52. The molecule has 2 fully saturated rings. The van der Waals surface area contributed by atoms with E-state index < -0.39 is 0 Å². The summed E-state index contributed by atoms with van der Waals surface area (Å²) in [5, 5.41) is 0. The maximum absolute atomic E-state index is 4.44. The van der Waals surface area contributed by atoms with E-state index in [4.69, 9.17) is 0 Å². The average molecular weight is 401 g/mol. The van der Waals surface area contributed by atoms with E-state index in [1.807, 2.05) is 0 Å².